The van der Waals surface area contributed by atoms with Crippen LogP contribution in [0.15, 0.2) is 64.0 Å². The van der Waals surface area contributed by atoms with Gasteiger partial charge < -0.3 is 4.52 Å². The molecule has 6 nitrogen and oxygen atoms in total. The normalized spacial score (nSPS) is 10.5. The minimum absolute atomic E-state index is 0. The van der Waals surface area contributed by atoms with E-state index in [0.717, 1.165) is 16.7 Å². The molecule has 0 fully saturated rings. The maximum atomic E-state index is 12.2. The van der Waals surface area contributed by atoms with Crippen molar-refractivity contribution in [3.8, 4) is 22.4 Å². The first-order valence-electron chi connectivity index (χ1n) is 8.10. The molecule has 0 aliphatic carbocycles. The van der Waals surface area contributed by atoms with E-state index in [9.17, 15) is 13.2 Å². The Bertz CT molecular complexity index is 1030. The van der Waals surface area contributed by atoms with Gasteiger partial charge in [0.25, 0.3) is 10.0 Å². The zero-order chi connectivity index (χ0) is 18.7. The Labute approximate surface area is 208 Å². The molecule has 0 radical (unpaired) electrons. The zero-order valence-corrected chi connectivity index (χ0v) is 15.2. The summed E-state index contributed by atoms with van der Waals surface area (Å²) in [6.45, 7) is 3.40. The minimum atomic E-state index is -3.87. The number of sulfonamides is 1. The Morgan fingerprint density at radius 3 is 2.18 bits per heavy atom. The van der Waals surface area contributed by atoms with Crippen molar-refractivity contribution in [3.05, 3.63) is 60.4 Å². The fourth-order valence-electron chi connectivity index (χ4n) is 2.59. The van der Waals surface area contributed by atoms with Gasteiger partial charge in [0.15, 0.2) is 0 Å². The fourth-order valence-corrected chi connectivity index (χ4v) is 3.64. The molecule has 1 heterocycles. The molecule has 0 atom stereocenters. The summed E-state index contributed by atoms with van der Waals surface area (Å²) >= 11 is 0. The Kier molecular flexibility index (Phi) is 9.62. The van der Waals surface area contributed by atoms with Gasteiger partial charge in [-0.25, -0.2) is 13.1 Å². The molecule has 1 aromatic heterocycles. The summed E-state index contributed by atoms with van der Waals surface area (Å²) in [5.74, 6) is 0.0917. The Morgan fingerprint density at radius 2 is 1.61 bits per heavy atom. The summed E-state index contributed by atoms with van der Waals surface area (Å²) in [5.41, 5.74) is 3.19. The summed E-state index contributed by atoms with van der Waals surface area (Å²) in [7, 11) is -3.87. The number of nitrogens with zero attached hydrogens (tertiary/aromatic N) is 1. The zero-order valence-electron chi connectivity index (χ0n) is 14.4. The Morgan fingerprint density at radius 1 is 1.00 bits per heavy atom. The topological polar surface area (TPSA) is 89.3 Å². The average Bonchev–Trinajstić information content (AvgIpc) is 3.03. The van der Waals surface area contributed by atoms with Gasteiger partial charge in [0.05, 0.1) is 10.5 Å². The summed E-state index contributed by atoms with van der Waals surface area (Å²) in [5, 5.41) is 4.13. The number of hydrogen-bond acceptors (Lipinski definition) is 5. The predicted molar refractivity (Wildman–Crippen MR) is 112 cm³/mol. The molecule has 1 amide bonds. The van der Waals surface area contributed by atoms with E-state index in [-0.39, 0.29) is 70.4 Å². The van der Waals surface area contributed by atoms with Gasteiger partial charge in [0.2, 0.25) is 5.91 Å². The van der Waals surface area contributed by atoms with E-state index in [1.165, 1.54) is 12.1 Å². The van der Waals surface area contributed by atoms with Crippen molar-refractivity contribution in [3.63, 3.8) is 0 Å². The van der Waals surface area contributed by atoms with Crippen molar-refractivity contribution in [1.82, 2.24) is 9.88 Å². The van der Waals surface area contributed by atoms with Crippen LogP contribution in [-0.2, 0) is 14.8 Å². The molecule has 0 saturated carbocycles. The molecule has 0 aliphatic heterocycles. The second-order valence-electron chi connectivity index (χ2n) is 5.73. The van der Waals surface area contributed by atoms with Gasteiger partial charge in [0, 0.05) is 12.0 Å². The molecule has 0 bridgehead atoms. The average molecular weight is 418 g/mol. The van der Waals surface area contributed by atoms with Gasteiger partial charge in [0.1, 0.15) is 11.5 Å². The van der Waals surface area contributed by atoms with Crippen molar-refractivity contribution in [1.29, 1.82) is 0 Å². The molecule has 3 rings (SSSR count). The van der Waals surface area contributed by atoms with Gasteiger partial charge in [-0.15, -0.1) is 0 Å². The SMILES string of the molecule is CCC(=O)NS(=O)(=O)c1ccc(-c2c(-c3ccccc3)noc2C)cc1.[NaH].[NaH]. The van der Waals surface area contributed by atoms with E-state index in [1.54, 1.807) is 26.0 Å². The number of rotatable bonds is 5. The fraction of sp³-hybridized carbons (Fsp3) is 0.158. The first-order chi connectivity index (χ1) is 12.4. The summed E-state index contributed by atoms with van der Waals surface area (Å²) in [6.07, 6.45) is 0.0949. The van der Waals surface area contributed by atoms with Crippen molar-refractivity contribution < 1.29 is 17.7 Å². The molecular formula is C19H20N2Na2O4S. The van der Waals surface area contributed by atoms with Gasteiger partial charge in [-0.1, -0.05) is 54.5 Å². The van der Waals surface area contributed by atoms with Crippen molar-refractivity contribution in [2.24, 2.45) is 0 Å². The van der Waals surface area contributed by atoms with Crippen molar-refractivity contribution in [2.75, 3.05) is 0 Å². The van der Waals surface area contributed by atoms with Crippen LogP contribution in [0.1, 0.15) is 19.1 Å². The molecule has 3 aromatic rings. The molecule has 9 heteroatoms. The first-order valence-corrected chi connectivity index (χ1v) is 9.58. The number of aromatic nitrogens is 1. The number of amides is 1. The summed E-state index contributed by atoms with van der Waals surface area (Å²) in [4.78, 5) is 11.4. The monoisotopic (exact) mass is 418 g/mol. The van der Waals surface area contributed by atoms with Crippen LogP contribution in [0.5, 0.6) is 0 Å². The van der Waals surface area contributed by atoms with Gasteiger partial charge in [-0.05, 0) is 24.6 Å². The number of hydrogen-bond donors (Lipinski definition) is 1. The number of carbonyl (C=O) groups is 1. The molecular weight excluding hydrogens is 398 g/mol. The number of benzene rings is 2. The molecule has 0 spiro atoms. The molecule has 138 valence electrons. The van der Waals surface area contributed by atoms with Crippen LogP contribution in [-0.4, -0.2) is 78.6 Å². The van der Waals surface area contributed by atoms with Crippen LogP contribution in [0.3, 0.4) is 0 Å². The summed E-state index contributed by atoms with van der Waals surface area (Å²) in [6, 6.07) is 15.9. The van der Waals surface area contributed by atoms with E-state index in [1.807, 2.05) is 35.1 Å². The standard InChI is InChI=1S/C19H18N2O4S.2Na.2H/c1-3-17(22)21-26(23,24)16-11-9-14(10-12-16)18-13(2)25-20-19(18)15-7-5-4-6-8-15;;;;/h4-12H,3H2,1-2H3,(H,21,22);;;;. The van der Waals surface area contributed by atoms with Gasteiger partial charge in [-0.3, -0.25) is 4.79 Å². The maximum absolute atomic E-state index is 12.2. The number of carbonyl (C=O) groups excluding carboxylic acids is 1. The quantitative estimate of drug-likeness (QED) is 0.642. The first kappa shape index (κ1) is 25.1. The van der Waals surface area contributed by atoms with E-state index in [4.69, 9.17) is 4.52 Å². The van der Waals surface area contributed by atoms with Crippen LogP contribution >= 0.6 is 0 Å². The van der Waals surface area contributed by atoms with Crippen LogP contribution in [0.4, 0.5) is 0 Å². The van der Waals surface area contributed by atoms with Crippen molar-refractivity contribution in [2.45, 2.75) is 25.2 Å². The van der Waals surface area contributed by atoms with Crippen LogP contribution in [0.2, 0.25) is 0 Å². The van der Waals surface area contributed by atoms with Gasteiger partial charge >= 0.3 is 59.1 Å². The summed E-state index contributed by atoms with van der Waals surface area (Å²) < 4.78 is 31.8. The van der Waals surface area contributed by atoms with E-state index in [0.29, 0.717) is 11.5 Å². The Balaban J connectivity index is 0.00000196. The third kappa shape index (κ3) is 5.57. The van der Waals surface area contributed by atoms with Crippen LogP contribution in [0, 0.1) is 6.92 Å². The molecule has 0 aliphatic rings. The number of aryl methyl sites for hydroxylation is 1. The Hall–Kier alpha value is -0.930. The van der Waals surface area contributed by atoms with Gasteiger partial charge in [-0.2, -0.15) is 0 Å². The van der Waals surface area contributed by atoms with E-state index in [2.05, 4.69) is 5.16 Å². The van der Waals surface area contributed by atoms with Crippen molar-refractivity contribution >= 4 is 75.0 Å². The predicted octanol–water partition coefficient (Wildman–Crippen LogP) is 2.23. The molecule has 1 N–H and O–H groups in total. The third-order valence-electron chi connectivity index (χ3n) is 3.93. The molecule has 28 heavy (non-hydrogen) atoms. The molecule has 0 saturated heterocycles. The van der Waals surface area contributed by atoms with E-state index < -0.39 is 15.9 Å². The molecule has 0 unspecified atom stereocenters. The number of nitrogens with one attached hydrogen (secondary N) is 1. The molecule has 2 aromatic carbocycles. The van der Waals surface area contributed by atoms with Crippen LogP contribution < -0.4 is 4.72 Å². The van der Waals surface area contributed by atoms with E-state index >= 15 is 0 Å². The second-order valence-corrected chi connectivity index (χ2v) is 7.42. The second kappa shape index (κ2) is 10.7. The third-order valence-corrected chi connectivity index (χ3v) is 5.32. The van der Waals surface area contributed by atoms with Crippen LogP contribution in [0.25, 0.3) is 22.4 Å².